The fourth-order valence-electron chi connectivity index (χ4n) is 1.65. The Morgan fingerprint density at radius 3 is 2.65 bits per heavy atom. The van der Waals surface area contributed by atoms with E-state index in [4.69, 9.17) is 12.2 Å². The van der Waals surface area contributed by atoms with Crippen molar-refractivity contribution in [2.24, 2.45) is 0 Å². The van der Waals surface area contributed by atoms with Crippen LogP contribution in [0.5, 0.6) is 0 Å². The van der Waals surface area contributed by atoms with Crippen LogP contribution in [0, 0.1) is 10.6 Å². The number of amides is 1. The minimum Gasteiger partial charge on any atom is -0.335 e. The molecule has 122 valence electrons. The first kappa shape index (κ1) is 17.0. The van der Waals surface area contributed by atoms with Gasteiger partial charge in [-0.05, 0) is 30.4 Å². The van der Waals surface area contributed by atoms with Crippen LogP contribution < -0.4 is 15.8 Å². The van der Waals surface area contributed by atoms with Gasteiger partial charge in [0.15, 0.2) is 4.77 Å². The number of aromatic nitrogens is 2. The minimum absolute atomic E-state index is 0.0423. The summed E-state index contributed by atoms with van der Waals surface area (Å²) < 4.78 is 36.8. The first-order valence-corrected chi connectivity index (χ1v) is 8.04. The molecule has 0 saturated carbocycles. The lowest BCUT2D eigenvalue weighted by molar-refractivity contribution is -0.120. The molecule has 1 heterocycles. The maximum Gasteiger partial charge on any atom is 0.257 e. The quantitative estimate of drug-likeness (QED) is 0.447. The highest BCUT2D eigenvalue weighted by molar-refractivity contribution is 7.89. The van der Waals surface area contributed by atoms with Crippen LogP contribution in [-0.2, 0) is 21.2 Å². The van der Waals surface area contributed by atoms with Crippen molar-refractivity contribution in [3.05, 3.63) is 57.0 Å². The molecular weight excluding hydrogens is 347 g/mol. The monoisotopic (exact) mass is 358 g/mol. The van der Waals surface area contributed by atoms with Gasteiger partial charge in [-0.1, -0.05) is 6.07 Å². The summed E-state index contributed by atoms with van der Waals surface area (Å²) >= 11 is 4.75. The van der Waals surface area contributed by atoms with Gasteiger partial charge in [0.05, 0.1) is 11.3 Å². The molecule has 23 heavy (non-hydrogen) atoms. The molecule has 11 heteroatoms. The zero-order chi connectivity index (χ0) is 17.0. The van der Waals surface area contributed by atoms with Crippen LogP contribution in [-0.4, -0.2) is 24.3 Å². The molecule has 0 atom stereocenters. The summed E-state index contributed by atoms with van der Waals surface area (Å²) in [6, 6.07) is 5.42. The summed E-state index contributed by atoms with van der Waals surface area (Å²) in [5, 5.41) is 0. The largest absolute Gasteiger partial charge is 0.335 e. The van der Waals surface area contributed by atoms with Gasteiger partial charge < -0.3 is 4.98 Å². The van der Waals surface area contributed by atoms with E-state index in [9.17, 15) is 22.4 Å². The molecular formula is C12H11FN4O4S2. The van der Waals surface area contributed by atoms with Gasteiger partial charge in [-0.25, -0.2) is 12.8 Å². The predicted octanol–water partition coefficient (Wildman–Crippen LogP) is 0.124. The minimum atomic E-state index is -4.11. The number of aromatic amines is 2. The van der Waals surface area contributed by atoms with E-state index >= 15 is 0 Å². The number of H-pyrrole nitrogens is 2. The molecule has 2 rings (SSSR count). The number of hydrazine groups is 1. The van der Waals surface area contributed by atoms with Crippen molar-refractivity contribution in [3.8, 4) is 0 Å². The van der Waals surface area contributed by atoms with E-state index in [2.05, 4.69) is 9.97 Å². The second-order valence-electron chi connectivity index (χ2n) is 4.40. The lowest BCUT2D eigenvalue weighted by Gasteiger charge is -2.08. The summed E-state index contributed by atoms with van der Waals surface area (Å²) in [5.74, 6) is -1.46. The Bertz CT molecular complexity index is 924. The molecule has 0 bridgehead atoms. The molecule has 1 amide bonds. The van der Waals surface area contributed by atoms with Gasteiger partial charge >= 0.3 is 0 Å². The Morgan fingerprint density at radius 2 is 2.00 bits per heavy atom. The Kier molecular flexibility index (Phi) is 5.03. The van der Waals surface area contributed by atoms with E-state index in [1.54, 1.807) is 0 Å². The second kappa shape index (κ2) is 6.81. The Balaban J connectivity index is 2.04. The Labute approximate surface area is 134 Å². The molecule has 0 spiro atoms. The fourth-order valence-corrected chi connectivity index (χ4v) is 2.77. The number of rotatable bonds is 5. The number of nitrogens with one attached hydrogen (secondary N) is 4. The topological polar surface area (TPSA) is 124 Å². The molecule has 4 N–H and O–H groups in total. The molecule has 2 aromatic rings. The zero-order valence-electron chi connectivity index (χ0n) is 11.4. The molecule has 1 aromatic carbocycles. The number of carbonyl (C=O) groups excluding carboxylic acids is 1. The first-order valence-electron chi connectivity index (χ1n) is 6.15. The maximum atomic E-state index is 13.0. The zero-order valence-corrected chi connectivity index (χ0v) is 13.1. The molecule has 0 unspecified atom stereocenters. The third-order valence-electron chi connectivity index (χ3n) is 2.60. The van der Waals surface area contributed by atoms with E-state index in [-0.39, 0.29) is 21.8 Å². The number of hydrogen-bond donors (Lipinski definition) is 4. The van der Waals surface area contributed by atoms with E-state index < -0.39 is 27.3 Å². The summed E-state index contributed by atoms with van der Waals surface area (Å²) in [6.07, 6.45) is -0.306. The average molecular weight is 358 g/mol. The van der Waals surface area contributed by atoms with E-state index in [0.29, 0.717) is 0 Å². The molecule has 0 radical (unpaired) electrons. The lowest BCUT2D eigenvalue weighted by atomic mass is 10.3. The number of carbonyl (C=O) groups is 1. The molecule has 0 aliphatic carbocycles. The highest BCUT2D eigenvalue weighted by atomic mass is 32.2. The molecule has 0 saturated heterocycles. The summed E-state index contributed by atoms with van der Waals surface area (Å²) in [7, 11) is -4.11. The normalized spacial score (nSPS) is 11.2. The van der Waals surface area contributed by atoms with Crippen LogP contribution in [0.3, 0.4) is 0 Å². The van der Waals surface area contributed by atoms with Gasteiger partial charge in [-0.15, -0.1) is 4.83 Å². The third-order valence-corrected chi connectivity index (χ3v) is 4.05. The van der Waals surface area contributed by atoms with Gasteiger partial charge in [0.1, 0.15) is 5.82 Å². The number of halogens is 1. The molecule has 0 aliphatic heterocycles. The second-order valence-corrected chi connectivity index (χ2v) is 6.49. The van der Waals surface area contributed by atoms with Crippen molar-refractivity contribution in [2.75, 3.05) is 0 Å². The van der Waals surface area contributed by atoms with E-state index in [1.165, 1.54) is 12.1 Å². The number of hydrogen-bond acceptors (Lipinski definition) is 5. The Morgan fingerprint density at radius 1 is 1.26 bits per heavy atom. The lowest BCUT2D eigenvalue weighted by Crippen LogP contribution is -2.42. The highest BCUT2D eigenvalue weighted by Gasteiger charge is 2.16. The van der Waals surface area contributed by atoms with Gasteiger partial charge in [0, 0.05) is 11.8 Å². The van der Waals surface area contributed by atoms with Crippen LogP contribution in [0.4, 0.5) is 4.39 Å². The van der Waals surface area contributed by atoms with Gasteiger partial charge in [-0.2, -0.15) is 0 Å². The van der Waals surface area contributed by atoms with Crippen LogP contribution in [0.2, 0.25) is 0 Å². The van der Waals surface area contributed by atoms with Gasteiger partial charge in [0.2, 0.25) is 5.91 Å². The molecule has 0 aliphatic rings. The SMILES string of the molecule is O=C(Cc1cc(=O)[nH]c(=S)[nH]1)NNS(=O)(=O)c1cccc(F)c1. The Hall–Kier alpha value is -2.37. The van der Waals surface area contributed by atoms with Crippen molar-refractivity contribution in [1.82, 2.24) is 20.2 Å². The van der Waals surface area contributed by atoms with Crippen molar-refractivity contribution in [2.45, 2.75) is 11.3 Å². The van der Waals surface area contributed by atoms with Crippen molar-refractivity contribution < 1.29 is 17.6 Å². The first-order chi connectivity index (χ1) is 10.8. The maximum absolute atomic E-state index is 13.0. The van der Waals surface area contributed by atoms with Gasteiger partial charge in [0.25, 0.3) is 15.6 Å². The summed E-state index contributed by atoms with van der Waals surface area (Å²) in [4.78, 5) is 29.3. The van der Waals surface area contributed by atoms with Crippen molar-refractivity contribution in [1.29, 1.82) is 0 Å². The average Bonchev–Trinajstić information content (AvgIpc) is 2.44. The fraction of sp³-hybridized carbons (Fsp3) is 0.0833. The predicted molar refractivity (Wildman–Crippen MR) is 80.8 cm³/mol. The summed E-state index contributed by atoms with van der Waals surface area (Å²) in [6.45, 7) is 0. The number of sulfonamides is 1. The number of benzene rings is 1. The molecule has 0 fully saturated rings. The third kappa shape index (κ3) is 4.81. The molecule has 1 aromatic heterocycles. The molecule has 8 nitrogen and oxygen atoms in total. The van der Waals surface area contributed by atoms with Gasteiger partial charge in [-0.3, -0.25) is 20.0 Å². The smallest absolute Gasteiger partial charge is 0.257 e. The standard InChI is InChI=1S/C12H11FN4O4S2/c13-7-2-1-3-9(4-7)23(20,21)17-16-11(19)6-8-5-10(18)15-12(22)14-8/h1-5,17H,6H2,(H,16,19)(H2,14,15,18,22). The van der Waals surface area contributed by atoms with Crippen LogP contribution >= 0.6 is 12.2 Å². The van der Waals surface area contributed by atoms with Crippen LogP contribution in [0.25, 0.3) is 0 Å². The van der Waals surface area contributed by atoms with Crippen molar-refractivity contribution in [3.63, 3.8) is 0 Å². The van der Waals surface area contributed by atoms with Crippen molar-refractivity contribution >= 4 is 28.1 Å². The van der Waals surface area contributed by atoms with Crippen LogP contribution in [0.15, 0.2) is 40.0 Å². The van der Waals surface area contributed by atoms with Crippen LogP contribution in [0.1, 0.15) is 5.69 Å². The summed E-state index contributed by atoms with van der Waals surface area (Å²) in [5.41, 5.74) is 1.68. The highest BCUT2D eigenvalue weighted by Crippen LogP contribution is 2.09. The van der Waals surface area contributed by atoms with E-state index in [0.717, 1.165) is 18.2 Å². The van der Waals surface area contributed by atoms with E-state index in [1.807, 2.05) is 10.3 Å².